The molecule has 0 aliphatic rings. The van der Waals surface area contributed by atoms with Crippen molar-refractivity contribution < 1.29 is 9.26 Å². The lowest BCUT2D eigenvalue weighted by molar-refractivity contribution is 0.0170. The zero-order valence-electron chi connectivity index (χ0n) is 10.5. The Morgan fingerprint density at radius 1 is 1.50 bits per heavy atom. The zero-order valence-corrected chi connectivity index (χ0v) is 10.5. The van der Waals surface area contributed by atoms with E-state index in [1.807, 2.05) is 13.8 Å². The topological polar surface area (TPSA) is 74.2 Å². The second kappa shape index (κ2) is 5.41. The largest absolute Gasteiger partial charge is 0.378 e. The van der Waals surface area contributed by atoms with E-state index >= 15 is 0 Å². The van der Waals surface area contributed by atoms with E-state index in [1.54, 1.807) is 7.11 Å². The second-order valence-electron chi connectivity index (χ2n) is 4.58. The van der Waals surface area contributed by atoms with Gasteiger partial charge in [0.05, 0.1) is 18.1 Å². The van der Waals surface area contributed by atoms with Gasteiger partial charge in [-0.1, -0.05) is 18.5 Å². The van der Waals surface area contributed by atoms with Crippen molar-refractivity contribution in [2.24, 2.45) is 5.73 Å². The molecule has 1 unspecified atom stereocenters. The minimum atomic E-state index is -0.293. The third-order valence-electron chi connectivity index (χ3n) is 2.54. The molecule has 0 aliphatic carbocycles. The molecule has 1 aromatic rings. The van der Waals surface area contributed by atoms with Crippen LogP contribution in [0.25, 0.3) is 0 Å². The number of aromatic nitrogens is 2. The molecule has 0 spiro atoms. The van der Waals surface area contributed by atoms with Gasteiger partial charge < -0.3 is 15.0 Å². The first kappa shape index (κ1) is 13.1. The van der Waals surface area contributed by atoms with E-state index in [4.69, 9.17) is 15.0 Å². The van der Waals surface area contributed by atoms with E-state index < -0.39 is 0 Å². The van der Waals surface area contributed by atoms with Crippen molar-refractivity contribution in [3.8, 4) is 0 Å². The van der Waals surface area contributed by atoms with Crippen LogP contribution in [-0.2, 0) is 11.2 Å². The number of nitrogens with two attached hydrogens (primary N) is 1. The van der Waals surface area contributed by atoms with Crippen molar-refractivity contribution in [1.29, 1.82) is 0 Å². The van der Waals surface area contributed by atoms with Crippen LogP contribution in [0.5, 0.6) is 0 Å². The van der Waals surface area contributed by atoms with E-state index in [1.165, 1.54) is 0 Å². The molecule has 0 radical (unpaired) electrons. The molecule has 0 aliphatic heterocycles. The number of methoxy groups -OCH3 is 1. The Hall–Kier alpha value is -0.940. The minimum Gasteiger partial charge on any atom is -0.378 e. The van der Waals surface area contributed by atoms with Crippen molar-refractivity contribution in [3.63, 3.8) is 0 Å². The summed E-state index contributed by atoms with van der Waals surface area (Å²) in [6, 6.07) is -0.131. The quantitative estimate of drug-likeness (QED) is 0.802. The number of nitrogens with zero attached hydrogens (tertiary/aromatic N) is 2. The molecule has 0 amide bonds. The highest BCUT2D eigenvalue weighted by Gasteiger charge is 2.22. The van der Waals surface area contributed by atoms with Crippen molar-refractivity contribution in [2.75, 3.05) is 7.11 Å². The highest BCUT2D eigenvalue weighted by Crippen LogP contribution is 2.17. The molecule has 92 valence electrons. The zero-order chi connectivity index (χ0) is 12.2. The number of hydrogen-bond donors (Lipinski definition) is 1. The standard InChI is InChI=1S/C11H21N3O2/c1-5-6-8(12)10-13-9(16-14-10)7-11(2,3)15-4/h8H,5-7,12H2,1-4H3. The van der Waals surface area contributed by atoms with Crippen molar-refractivity contribution in [1.82, 2.24) is 10.1 Å². The molecule has 0 saturated carbocycles. The van der Waals surface area contributed by atoms with Crippen LogP contribution >= 0.6 is 0 Å². The van der Waals surface area contributed by atoms with E-state index in [2.05, 4.69) is 17.1 Å². The van der Waals surface area contributed by atoms with Gasteiger partial charge >= 0.3 is 0 Å². The molecule has 0 bridgehead atoms. The molecule has 2 N–H and O–H groups in total. The van der Waals surface area contributed by atoms with E-state index in [-0.39, 0.29) is 11.6 Å². The van der Waals surface area contributed by atoms with Gasteiger partial charge in [-0.3, -0.25) is 0 Å². The van der Waals surface area contributed by atoms with Crippen LogP contribution in [0.4, 0.5) is 0 Å². The Labute approximate surface area is 96.4 Å². The molecule has 1 rings (SSSR count). The van der Waals surface area contributed by atoms with Crippen LogP contribution < -0.4 is 5.73 Å². The monoisotopic (exact) mass is 227 g/mol. The maximum absolute atomic E-state index is 5.90. The predicted molar refractivity (Wildman–Crippen MR) is 60.9 cm³/mol. The van der Waals surface area contributed by atoms with Crippen LogP contribution in [0, 0.1) is 0 Å². The lowest BCUT2D eigenvalue weighted by Gasteiger charge is -2.19. The second-order valence-corrected chi connectivity index (χ2v) is 4.58. The van der Waals surface area contributed by atoms with Gasteiger partial charge in [0.2, 0.25) is 5.89 Å². The van der Waals surface area contributed by atoms with Gasteiger partial charge in [0, 0.05) is 7.11 Å². The molecule has 16 heavy (non-hydrogen) atoms. The Morgan fingerprint density at radius 2 is 2.19 bits per heavy atom. The molecule has 1 atom stereocenters. The van der Waals surface area contributed by atoms with Crippen LogP contribution in [0.2, 0.25) is 0 Å². The van der Waals surface area contributed by atoms with E-state index in [0.29, 0.717) is 18.1 Å². The SMILES string of the molecule is CCCC(N)c1noc(CC(C)(C)OC)n1. The Bertz CT molecular complexity index is 323. The highest BCUT2D eigenvalue weighted by atomic mass is 16.5. The smallest absolute Gasteiger partial charge is 0.229 e. The summed E-state index contributed by atoms with van der Waals surface area (Å²) in [6.07, 6.45) is 2.47. The third kappa shape index (κ3) is 3.57. The molecule has 5 heteroatoms. The van der Waals surface area contributed by atoms with Gasteiger partial charge in [-0.05, 0) is 20.3 Å². The lowest BCUT2D eigenvalue weighted by atomic mass is 10.1. The van der Waals surface area contributed by atoms with Gasteiger partial charge in [-0.25, -0.2) is 0 Å². The average Bonchev–Trinajstić information content (AvgIpc) is 2.66. The van der Waals surface area contributed by atoms with Gasteiger partial charge in [0.1, 0.15) is 0 Å². The Morgan fingerprint density at radius 3 is 2.75 bits per heavy atom. The Balaban J connectivity index is 2.64. The summed E-state index contributed by atoms with van der Waals surface area (Å²) >= 11 is 0. The summed E-state index contributed by atoms with van der Waals surface area (Å²) in [5.41, 5.74) is 5.61. The maximum Gasteiger partial charge on any atom is 0.229 e. The fourth-order valence-electron chi connectivity index (χ4n) is 1.37. The van der Waals surface area contributed by atoms with Gasteiger partial charge in [-0.2, -0.15) is 4.98 Å². The summed E-state index contributed by atoms with van der Waals surface area (Å²) in [7, 11) is 1.67. The fraction of sp³-hybridized carbons (Fsp3) is 0.818. The van der Waals surface area contributed by atoms with Crippen LogP contribution in [0.1, 0.15) is 51.4 Å². The molecule has 0 saturated heterocycles. The summed E-state index contributed by atoms with van der Waals surface area (Å²) in [5.74, 6) is 1.16. The first-order valence-corrected chi connectivity index (χ1v) is 5.61. The van der Waals surface area contributed by atoms with E-state index in [9.17, 15) is 0 Å². The Kier molecular flexibility index (Phi) is 4.44. The summed E-state index contributed by atoms with van der Waals surface area (Å²) < 4.78 is 10.4. The summed E-state index contributed by atoms with van der Waals surface area (Å²) in [6.45, 7) is 6.03. The molecule has 5 nitrogen and oxygen atoms in total. The van der Waals surface area contributed by atoms with Crippen molar-refractivity contribution in [2.45, 2.75) is 51.7 Å². The highest BCUT2D eigenvalue weighted by molar-refractivity contribution is 4.95. The van der Waals surface area contributed by atoms with Crippen LogP contribution in [0.15, 0.2) is 4.52 Å². The maximum atomic E-state index is 5.90. The third-order valence-corrected chi connectivity index (χ3v) is 2.54. The first-order chi connectivity index (χ1) is 7.48. The number of rotatable bonds is 6. The predicted octanol–water partition coefficient (Wildman–Crippen LogP) is 1.84. The fourth-order valence-corrected chi connectivity index (χ4v) is 1.37. The molecular formula is C11H21N3O2. The van der Waals surface area contributed by atoms with Gasteiger partial charge in [-0.15, -0.1) is 0 Å². The molecular weight excluding hydrogens is 206 g/mol. The number of ether oxygens (including phenoxy) is 1. The van der Waals surface area contributed by atoms with Gasteiger partial charge in [0.25, 0.3) is 0 Å². The van der Waals surface area contributed by atoms with Crippen LogP contribution in [0.3, 0.4) is 0 Å². The molecule has 0 aromatic carbocycles. The summed E-state index contributed by atoms with van der Waals surface area (Å²) in [5, 5.41) is 3.89. The first-order valence-electron chi connectivity index (χ1n) is 5.61. The molecule has 0 fully saturated rings. The average molecular weight is 227 g/mol. The minimum absolute atomic E-state index is 0.131. The van der Waals surface area contributed by atoms with Crippen molar-refractivity contribution in [3.05, 3.63) is 11.7 Å². The normalized spacial score (nSPS) is 14.1. The molecule has 1 heterocycles. The number of hydrogen-bond acceptors (Lipinski definition) is 5. The van der Waals surface area contributed by atoms with Crippen molar-refractivity contribution >= 4 is 0 Å². The molecule has 1 aromatic heterocycles. The van der Waals surface area contributed by atoms with E-state index in [0.717, 1.165) is 12.8 Å². The summed E-state index contributed by atoms with van der Waals surface area (Å²) in [4.78, 5) is 4.28. The lowest BCUT2D eigenvalue weighted by Crippen LogP contribution is -2.25. The van der Waals surface area contributed by atoms with Crippen LogP contribution in [-0.4, -0.2) is 22.9 Å². The van der Waals surface area contributed by atoms with Gasteiger partial charge in [0.15, 0.2) is 5.82 Å².